The number of anilines is 1. The molecule has 0 spiro atoms. The summed E-state index contributed by atoms with van der Waals surface area (Å²) in [6.07, 6.45) is 0. The Morgan fingerprint density at radius 3 is 2.18 bits per heavy atom. The highest BCUT2D eigenvalue weighted by Crippen LogP contribution is 2.51. The van der Waals surface area contributed by atoms with Gasteiger partial charge in [-0.3, -0.25) is 4.79 Å². The third-order valence-corrected chi connectivity index (χ3v) is 9.59. The minimum absolute atomic E-state index is 0.00662. The molecule has 2 aliphatic heterocycles. The van der Waals surface area contributed by atoms with Gasteiger partial charge in [-0.1, -0.05) is 49.5 Å². The topological polar surface area (TPSA) is 20.3 Å². The van der Waals surface area contributed by atoms with Gasteiger partial charge in [0.2, 0.25) is 10.1 Å². The summed E-state index contributed by atoms with van der Waals surface area (Å²) in [5.41, 5.74) is 1.01. The number of carbonyl (C=O) groups is 1. The summed E-state index contributed by atoms with van der Waals surface area (Å²) in [5, 5.41) is 8.70. The molecule has 2 heterocycles. The lowest BCUT2D eigenvalue weighted by molar-refractivity contribution is -0.121. The van der Waals surface area contributed by atoms with Crippen molar-refractivity contribution in [2.24, 2.45) is 5.92 Å². The van der Waals surface area contributed by atoms with Gasteiger partial charge in [0.15, 0.2) is 4.90 Å². The lowest BCUT2D eigenvalue weighted by Gasteiger charge is -2.21. The normalized spacial score (nSPS) is 18.5. The molecule has 0 saturated carbocycles. The van der Waals surface area contributed by atoms with E-state index in [0.29, 0.717) is 0 Å². The summed E-state index contributed by atoms with van der Waals surface area (Å²) < 4.78 is 41.7. The molecule has 2 nitrogen and oxygen atoms in total. The molecular weight excluding hydrogens is 449 g/mol. The maximum Gasteiger partial charge on any atom is 0.673 e. The van der Waals surface area contributed by atoms with E-state index in [-0.39, 0.29) is 22.7 Å². The Bertz CT molecular complexity index is 795. The number of nitrogens with zero attached hydrogens (tertiary/aromatic N) is 1. The fourth-order valence-electron chi connectivity index (χ4n) is 2.30. The minimum Gasteiger partial charge on any atom is -0.418 e. The number of para-hydroxylation sites is 1. The van der Waals surface area contributed by atoms with E-state index in [9.17, 15) is 22.1 Å². The number of benzene rings is 1. The van der Waals surface area contributed by atoms with E-state index in [4.69, 9.17) is 0 Å². The summed E-state index contributed by atoms with van der Waals surface area (Å²) >= 11 is 5.39. The number of rotatable bonds is 3. The molecular formula is C17H18BF4NOS4. The van der Waals surface area contributed by atoms with E-state index in [2.05, 4.69) is 39.8 Å². The zero-order chi connectivity index (χ0) is 20.9. The van der Waals surface area contributed by atoms with Crippen molar-refractivity contribution in [3.8, 4) is 0 Å². The van der Waals surface area contributed by atoms with Crippen LogP contribution in [0.15, 0.2) is 59.3 Å². The molecule has 152 valence electrons. The molecule has 0 radical (unpaired) electrons. The Kier molecular flexibility index (Phi) is 8.53. The second-order valence-corrected chi connectivity index (χ2v) is 10.9. The average Bonchev–Trinajstić information content (AvgIpc) is 3.29. The number of thioether (sulfide) groups is 3. The molecule has 0 fully saturated rings. The molecule has 0 aromatic heterocycles. The SMILES string of the molecule is CC(C)C(=O)N(C)c1ccccc1[S+]1C=CSC1=C1SC=CS1.F[B-](F)(F)F. The van der Waals surface area contributed by atoms with Gasteiger partial charge < -0.3 is 22.2 Å². The molecule has 28 heavy (non-hydrogen) atoms. The molecule has 11 heteroatoms. The molecule has 1 aromatic carbocycles. The molecule has 0 N–H and O–H groups in total. The number of halogens is 4. The van der Waals surface area contributed by atoms with Crippen molar-refractivity contribution < 1.29 is 22.1 Å². The first-order chi connectivity index (χ1) is 13.1. The number of hydrogen-bond acceptors (Lipinski definition) is 4. The number of hydrogen-bond donors (Lipinski definition) is 0. The molecule has 3 rings (SSSR count). The third-order valence-electron chi connectivity index (χ3n) is 3.43. The van der Waals surface area contributed by atoms with Gasteiger partial charge >= 0.3 is 7.25 Å². The first-order valence-corrected chi connectivity index (χ1v) is 12.0. The lowest BCUT2D eigenvalue weighted by atomic mass is 10.2. The van der Waals surface area contributed by atoms with Gasteiger partial charge in [0.25, 0.3) is 0 Å². The maximum absolute atomic E-state index is 12.4. The van der Waals surface area contributed by atoms with Crippen LogP contribution in [0.5, 0.6) is 0 Å². The molecule has 1 atom stereocenters. The summed E-state index contributed by atoms with van der Waals surface area (Å²) in [5.74, 6) is 0.144. The van der Waals surface area contributed by atoms with Crippen LogP contribution in [-0.4, -0.2) is 20.2 Å². The standard InChI is InChI=1S/C17H18NOS4.BF4/c1-12(2)15(19)18(3)13-6-4-5-7-14(13)23-11-10-22-17(23)16-20-8-9-21-16;2-1(3,4)5/h4-12H,1-3H3;/q+1;-1. The summed E-state index contributed by atoms with van der Waals surface area (Å²) in [4.78, 5) is 15.5. The molecule has 1 aromatic rings. The minimum atomic E-state index is -6.00. The molecule has 0 bridgehead atoms. The van der Waals surface area contributed by atoms with E-state index in [1.807, 2.05) is 27.0 Å². The van der Waals surface area contributed by atoms with Crippen molar-refractivity contribution in [1.82, 2.24) is 0 Å². The highest BCUT2D eigenvalue weighted by atomic mass is 32.2. The second kappa shape index (κ2) is 10.2. The van der Waals surface area contributed by atoms with Crippen molar-refractivity contribution >= 4 is 65.0 Å². The van der Waals surface area contributed by atoms with Crippen molar-refractivity contribution in [2.45, 2.75) is 18.7 Å². The Hall–Kier alpha value is -0.905. The smallest absolute Gasteiger partial charge is 0.418 e. The van der Waals surface area contributed by atoms with Crippen LogP contribution in [-0.2, 0) is 15.7 Å². The largest absolute Gasteiger partial charge is 0.673 e. The summed E-state index contributed by atoms with van der Waals surface area (Å²) in [6.45, 7) is 3.89. The molecule has 0 aliphatic carbocycles. The highest BCUT2D eigenvalue weighted by molar-refractivity contribution is 8.32. The second-order valence-electron chi connectivity index (χ2n) is 5.83. The van der Waals surface area contributed by atoms with Crippen LogP contribution < -0.4 is 4.90 Å². The summed E-state index contributed by atoms with van der Waals surface area (Å²) in [7, 11) is -4.21. The molecule has 1 amide bonds. The predicted octanol–water partition coefficient (Wildman–Crippen LogP) is 6.88. The van der Waals surface area contributed by atoms with Gasteiger partial charge in [-0.2, -0.15) is 0 Å². The van der Waals surface area contributed by atoms with Crippen LogP contribution >= 0.6 is 35.3 Å². The van der Waals surface area contributed by atoms with Crippen LogP contribution in [0.4, 0.5) is 23.0 Å². The van der Waals surface area contributed by atoms with Crippen molar-refractivity contribution in [2.75, 3.05) is 11.9 Å². The zero-order valence-electron chi connectivity index (χ0n) is 15.3. The first kappa shape index (κ1) is 23.4. The van der Waals surface area contributed by atoms with E-state index in [1.165, 1.54) is 13.4 Å². The maximum atomic E-state index is 12.4. The van der Waals surface area contributed by atoms with Gasteiger partial charge in [-0.15, -0.1) is 0 Å². The van der Waals surface area contributed by atoms with Crippen molar-refractivity contribution in [1.29, 1.82) is 0 Å². The van der Waals surface area contributed by atoms with E-state index in [0.717, 1.165) is 5.69 Å². The Labute approximate surface area is 177 Å². The number of carbonyl (C=O) groups excluding carboxylic acids is 1. The van der Waals surface area contributed by atoms with E-state index >= 15 is 0 Å². The Morgan fingerprint density at radius 2 is 1.61 bits per heavy atom. The van der Waals surface area contributed by atoms with Crippen LogP contribution in [0.1, 0.15) is 13.8 Å². The van der Waals surface area contributed by atoms with Gasteiger partial charge in [-0.25, -0.2) is 0 Å². The first-order valence-electron chi connectivity index (χ1n) is 8.12. The van der Waals surface area contributed by atoms with Crippen molar-refractivity contribution in [3.05, 3.63) is 54.4 Å². The third kappa shape index (κ3) is 6.57. The van der Waals surface area contributed by atoms with E-state index in [1.54, 1.807) is 40.2 Å². The fourth-order valence-corrected chi connectivity index (χ4v) is 8.35. The zero-order valence-corrected chi connectivity index (χ0v) is 18.5. The quantitative estimate of drug-likeness (QED) is 0.274. The Morgan fingerprint density at radius 1 is 1.04 bits per heavy atom. The molecule has 1 unspecified atom stereocenters. The van der Waals surface area contributed by atoms with Gasteiger partial charge in [0, 0.05) is 18.4 Å². The molecule has 2 aliphatic rings. The van der Waals surface area contributed by atoms with Gasteiger partial charge in [0.05, 0.1) is 5.69 Å². The predicted molar refractivity (Wildman–Crippen MR) is 119 cm³/mol. The monoisotopic (exact) mass is 467 g/mol. The van der Waals surface area contributed by atoms with Gasteiger partial charge in [0.1, 0.15) is 20.5 Å². The lowest BCUT2D eigenvalue weighted by Crippen LogP contribution is -2.31. The van der Waals surface area contributed by atoms with Crippen LogP contribution in [0, 0.1) is 5.92 Å². The molecule has 0 saturated heterocycles. The van der Waals surface area contributed by atoms with E-state index < -0.39 is 7.25 Å². The van der Waals surface area contributed by atoms with Crippen LogP contribution in [0.3, 0.4) is 0 Å². The van der Waals surface area contributed by atoms with Crippen LogP contribution in [0.2, 0.25) is 0 Å². The van der Waals surface area contributed by atoms with Crippen LogP contribution in [0.25, 0.3) is 0 Å². The number of amides is 1. The highest BCUT2D eigenvalue weighted by Gasteiger charge is 2.37. The Balaban J connectivity index is 0.000000500. The fraction of sp³-hybridized carbons (Fsp3) is 0.235. The summed E-state index contributed by atoms with van der Waals surface area (Å²) in [6, 6.07) is 8.27. The van der Waals surface area contributed by atoms with Gasteiger partial charge in [-0.05, 0) is 34.7 Å². The average molecular weight is 467 g/mol. The van der Waals surface area contributed by atoms with Crippen molar-refractivity contribution in [3.63, 3.8) is 0 Å².